The van der Waals surface area contributed by atoms with E-state index in [-0.39, 0.29) is 48.5 Å². The molecule has 0 unspecified atom stereocenters. The van der Waals surface area contributed by atoms with Crippen LogP contribution in [0.5, 0.6) is 5.75 Å². The number of nitrogens with zero attached hydrogens (tertiary/aromatic N) is 2. The van der Waals surface area contributed by atoms with Crippen LogP contribution in [0, 0.1) is 0 Å². The number of carbonyl (C=O) groups is 2. The molecule has 0 bridgehead atoms. The summed E-state index contributed by atoms with van der Waals surface area (Å²) in [5.74, 6) is -0.892. The molecule has 1 aliphatic heterocycles. The van der Waals surface area contributed by atoms with Gasteiger partial charge in [-0.3, -0.25) is 4.79 Å². The highest BCUT2D eigenvalue weighted by molar-refractivity contribution is 7.89. The van der Waals surface area contributed by atoms with Gasteiger partial charge in [0.15, 0.2) is 12.4 Å². The second kappa shape index (κ2) is 8.40. The molecule has 9 nitrogen and oxygen atoms in total. The Kier molecular flexibility index (Phi) is 5.66. The van der Waals surface area contributed by atoms with Crippen LogP contribution in [0.1, 0.15) is 10.6 Å². The van der Waals surface area contributed by atoms with E-state index in [0.717, 1.165) is 5.39 Å². The van der Waals surface area contributed by atoms with Crippen molar-refractivity contribution in [2.24, 2.45) is 0 Å². The third kappa shape index (κ3) is 4.39. The van der Waals surface area contributed by atoms with Crippen molar-refractivity contribution < 1.29 is 32.3 Å². The van der Waals surface area contributed by atoms with Crippen molar-refractivity contribution in [1.82, 2.24) is 9.21 Å². The minimum absolute atomic E-state index is 0.0761. The van der Waals surface area contributed by atoms with Gasteiger partial charge in [0, 0.05) is 31.6 Å². The smallest absolute Gasteiger partial charge is 0.341 e. The molecule has 0 atom stereocenters. The maximum absolute atomic E-state index is 12.9. The van der Waals surface area contributed by atoms with Crippen molar-refractivity contribution in [2.45, 2.75) is 4.90 Å². The predicted octanol–water partition coefficient (Wildman–Crippen LogP) is 2.04. The molecule has 1 N–H and O–H groups in total. The number of hydrogen-bond acceptors (Lipinski definition) is 6. The number of aliphatic carboxylic acids is 1. The number of carbonyl (C=O) groups excluding carboxylic acids is 1. The van der Waals surface area contributed by atoms with Crippen LogP contribution in [0.15, 0.2) is 63.9 Å². The Morgan fingerprint density at radius 3 is 2.32 bits per heavy atom. The number of carboxylic acid groups (broad SMARTS) is 1. The number of piperazine rings is 1. The number of ether oxygens (including phenoxy) is 1. The molecule has 3 aromatic rings. The quantitative estimate of drug-likeness (QED) is 0.618. The Morgan fingerprint density at radius 2 is 1.68 bits per heavy atom. The number of rotatable bonds is 6. The van der Waals surface area contributed by atoms with Crippen LogP contribution in [0.25, 0.3) is 11.0 Å². The third-order valence-corrected chi connectivity index (χ3v) is 6.90. The molecule has 1 aromatic heterocycles. The van der Waals surface area contributed by atoms with Crippen molar-refractivity contribution in [1.29, 1.82) is 0 Å². The number of hydrogen-bond donors (Lipinski definition) is 1. The maximum atomic E-state index is 12.9. The number of para-hydroxylation sites is 1. The molecular weight excluding hydrogens is 424 g/mol. The Bertz CT molecular complexity index is 1180. The van der Waals surface area contributed by atoms with Crippen LogP contribution in [0.4, 0.5) is 0 Å². The van der Waals surface area contributed by atoms with Crippen molar-refractivity contribution in [3.05, 3.63) is 60.4 Å². The van der Waals surface area contributed by atoms with E-state index >= 15 is 0 Å². The summed E-state index contributed by atoms with van der Waals surface area (Å²) in [4.78, 5) is 25.0. The van der Waals surface area contributed by atoms with Crippen LogP contribution >= 0.6 is 0 Å². The van der Waals surface area contributed by atoms with Gasteiger partial charge in [0.25, 0.3) is 5.91 Å². The first-order chi connectivity index (χ1) is 14.8. The lowest BCUT2D eigenvalue weighted by Crippen LogP contribution is -2.50. The molecule has 4 rings (SSSR count). The van der Waals surface area contributed by atoms with Gasteiger partial charge in [0.2, 0.25) is 10.0 Å². The lowest BCUT2D eigenvalue weighted by molar-refractivity contribution is -0.139. The lowest BCUT2D eigenvalue weighted by Gasteiger charge is -2.33. The SMILES string of the molecule is O=C(O)COc1ccc(S(=O)(=O)N2CCN(C(=O)c3cc4ccccc4o3)CC2)cc1. The van der Waals surface area contributed by atoms with Crippen LogP contribution in [-0.4, -0.2) is 67.4 Å². The van der Waals surface area contributed by atoms with Crippen molar-refractivity contribution in [3.63, 3.8) is 0 Å². The molecule has 1 saturated heterocycles. The van der Waals surface area contributed by atoms with Crippen LogP contribution in [-0.2, 0) is 14.8 Å². The van der Waals surface area contributed by atoms with E-state index in [9.17, 15) is 18.0 Å². The average Bonchev–Trinajstić information content (AvgIpc) is 3.22. The predicted molar refractivity (Wildman–Crippen MR) is 110 cm³/mol. The van der Waals surface area contributed by atoms with Crippen LogP contribution in [0.2, 0.25) is 0 Å². The summed E-state index contributed by atoms with van der Waals surface area (Å²) >= 11 is 0. The first kappa shape index (κ1) is 20.9. The van der Waals surface area contributed by atoms with E-state index in [1.807, 2.05) is 18.2 Å². The second-order valence-electron chi connectivity index (χ2n) is 7.00. The fraction of sp³-hybridized carbons (Fsp3) is 0.238. The Hall–Kier alpha value is -3.37. The van der Waals surface area contributed by atoms with Gasteiger partial charge in [-0.15, -0.1) is 0 Å². The molecule has 2 heterocycles. The number of benzene rings is 2. The molecule has 31 heavy (non-hydrogen) atoms. The largest absolute Gasteiger partial charge is 0.482 e. The van der Waals surface area contributed by atoms with Crippen molar-refractivity contribution in [3.8, 4) is 5.75 Å². The minimum Gasteiger partial charge on any atom is -0.482 e. The molecule has 0 aliphatic carbocycles. The van der Waals surface area contributed by atoms with Gasteiger partial charge in [0.05, 0.1) is 4.90 Å². The number of fused-ring (bicyclic) bond motifs is 1. The summed E-state index contributed by atoms with van der Waals surface area (Å²) < 4.78 is 37.8. The van der Waals surface area contributed by atoms with Crippen molar-refractivity contribution >= 4 is 32.9 Å². The summed E-state index contributed by atoms with van der Waals surface area (Å²) in [6.07, 6.45) is 0. The minimum atomic E-state index is -3.74. The highest BCUT2D eigenvalue weighted by Crippen LogP contribution is 2.23. The number of sulfonamides is 1. The molecule has 1 aliphatic rings. The Morgan fingerprint density at radius 1 is 1.00 bits per heavy atom. The molecule has 1 fully saturated rings. The fourth-order valence-electron chi connectivity index (χ4n) is 3.38. The number of furan rings is 1. The van der Waals surface area contributed by atoms with E-state index < -0.39 is 22.6 Å². The second-order valence-corrected chi connectivity index (χ2v) is 8.94. The molecule has 0 radical (unpaired) electrons. The van der Waals surface area contributed by atoms with Crippen molar-refractivity contribution in [2.75, 3.05) is 32.8 Å². The monoisotopic (exact) mass is 444 g/mol. The summed E-state index contributed by atoms with van der Waals surface area (Å²) in [5.41, 5.74) is 0.628. The highest BCUT2D eigenvalue weighted by atomic mass is 32.2. The topological polar surface area (TPSA) is 117 Å². The standard InChI is InChI=1S/C21H20N2O7S/c24-20(25)14-29-16-5-7-17(8-6-16)31(27,28)23-11-9-22(10-12-23)21(26)19-13-15-3-1-2-4-18(15)30-19/h1-8,13H,9-12,14H2,(H,24,25). The maximum Gasteiger partial charge on any atom is 0.341 e. The van der Waals surface area contributed by atoms with Gasteiger partial charge in [-0.05, 0) is 36.4 Å². The van der Waals surface area contributed by atoms with E-state index in [4.69, 9.17) is 14.3 Å². The van der Waals surface area contributed by atoms with Crippen LogP contribution < -0.4 is 4.74 Å². The molecule has 0 spiro atoms. The first-order valence-electron chi connectivity index (χ1n) is 9.57. The van der Waals surface area contributed by atoms with Crippen LogP contribution in [0.3, 0.4) is 0 Å². The summed E-state index contributed by atoms with van der Waals surface area (Å²) in [5, 5.41) is 9.47. The molecular formula is C21H20N2O7S. The summed E-state index contributed by atoms with van der Waals surface area (Å²) in [6.45, 7) is 0.300. The van der Waals surface area contributed by atoms with Gasteiger partial charge in [-0.2, -0.15) is 4.31 Å². The molecule has 2 aromatic carbocycles. The number of carboxylic acids is 1. The van der Waals surface area contributed by atoms with E-state index in [1.54, 1.807) is 17.0 Å². The Balaban J connectivity index is 1.40. The summed E-state index contributed by atoms with van der Waals surface area (Å²) in [6, 6.07) is 14.6. The lowest BCUT2D eigenvalue weighted by atomic mass is 10.2. The zero-order valence-corrected chi connectivity index (χ0v) is 17.2. The molecule has 0 saturated carbocycles. The average molecular weight is 444 g/mol. The van der Waals surface area contributed by atoms with E-state index in [2.05, 4.69) is 0 Å². The molecule has 1 amide bonds. The Labute approximate surface area is 178 Å². The van der Waals surface area contributed by atoms with E-state index in [0.29, 0.717) is 5.58 Å². The highest BCUT2D eigenvalue weighted by Gasteiger charge is 2.31. The van der Waals surface area contributed by atoms with E-state index in [1.165, 1.54) is 28.6 Å². The van der Waals surface area contributed by atoms with Gasteiger partial charge in [0.1, 0.15) is 11.3 Å². The normalized spacial score (nSPS) is 15.2. The number of amides is 1. The third-order valence-electron chi connectivity index (χ3n) is 4.99. The fourth-order valence-corrected chi connectivity index (χ4v) is 4.80. The van der Waals surface area contributed by atoms with Gasteiger partial charge in [-0.25, -0.2) is 13.2 Å². The van der Waals surface area contributed by atoms with Gasteiger partial charge in [-0.1, -0.05) is 18.2 Å². The molecule has 162 valence electrons. The van der Waals surface area contributed by atoms with Gasteiger partial charge < -0.3 is 19.2 Å². The van der Waals surface area contributed by atoms with Gasteiger partial charge >= 0.3 is 5.97 Å². The zero-order valence-electron chi connectivity index (χ0n) is 16.4. The summed E-state index contributed by atoms with van der Waals surface area (Å²) in [7, 11) is -3.74. The first-order valence-corrected chi connectivity index (χ1v) is 11.0. The zero-order chi connectivity index (χ0) is 22.0. The molecule has 10 heteroatoms.